The summed E-state index contributed by atoms with van der Waals surface area (Å²) in [6.45, 7) is 0. The van der Waals surface area contributed by atoms with Gasteiger partial charge in [0.15, 0.2) is 0 Å². The highest BCUT2D eigenvalue weighted by atomic mass is 16.5. The molecule has 0 amide bonds. The number of fused-ring (bicyclic) bond motifs is 1. The molecule has 0 radical (unpaired) electrons. The van der Waals surface area contributed by atoms with Crippen LogP contribution in [-0.4, -0.2) is 22.5 Å². The SMILES string of the molecule is COC(=O)c1cc(=O)nc2occn12. The lowest BCUT2D eigenvalue weighted by atomic mass is 10.4. The van der Waals surface area contributed by atoms with Crippen LogP contribution >= 0.6 is 0 Å². The van der Waals surface area contributed by atoms with Gasteiger partial charge >= 0.3 is 11.8 Å². The van der Waals surface area contributed by atoms with Crippen LogP contribution in [0, 0.1) is 0 Å². The Morgan fingerprint density at radius 2 is 2.43 bits per heavy atom. The Balaban J connectivity index is 2.79. The molecule has 0 unspecified atom stereocenters. The van der Waals surface area contributed by atoms with Crippen LogP contribution in [0.4, 0.5) is 0 Å². The zero-order chi connectivity index (χ0) is 10.1. The third-order valence-corrected chi connectivity index (χ3v) is 1.71. The van der Waals surface area contributed by atoms with Crippen LogP contribution in [0.15, 0.2) is 27.7 Å². The largest absolute Gasteiger partial charge is 0.464 e. The topological polar surface area (TPSA) is 73.8 Å². The molecule has 0 fully saturated rings. The summed E-state index contributed by atoms with van der Waals surface area (Å²) >= 11 is 0. The summed E-state index contributed by atoms with van der Waals surface area (Å²) in [5, 5.41) is 0. The summed E-state index contributed by atoms with van der Waals surface area (Å²) < 4.78 is 10.7. The second kappa shape index (κ2) is 2.99. The first-order valence-corrected chi connectivity index (χ1v) is 3.77. The van der Waals surface area contributed by atoms with Gasteiger partial charge in [-0.2, -0.15) is 4.98 Å². The van der Waals surface area contributed by atoms with E-state index >= 15 is 0 Å². The smallest absolute Gasteiger partial charge is 0.355 e. The van der Waals surface area contributed by atoms with Gasteiger partial charge in [-0.05, 0) is 0 Å². The molecule has 2 aromatic heterocycles. The van der Waals surface area contributed by atoms with Crippen LogP contribution in [0.1, 0.15) is 10.5 Å². The van der Waals surface area contributed by atoms with Gasteiger partial charge in [-0.1, -0.05) is 0 Å². The van der Waals surface area contributed by atoms with Crippen molar-refractivity contribution in [3.05, 3.63) is 34.6 Å². The van der Waals surface area contributed by atoms with E-state index in [1.807, 2.05) is 0 Å². The quantitative estimate of drug-likeness (QED) is 0.601. The molecule has 2 rings (SSSR count). The summed E-state index contributed by atoms with van der Waals surface area (Å²) in [6.07, 6.45) is 2.81. The monoisotopic (exact) mass is 194 g/mol. The Morgan fingerprint density at radius 1 is 1.64 bits per heavy atom. The van der Waals surface area contributed by atoms with Gasteiger partial charge in [0.05, 0.1) is 7.11 Å². The van der Waals surface area contributed by atoms with E-state index in [1.54, 1.807) is 0 Å². The minimum Gasteiger partial charge on any atom is -0.464 e. The van der Waals surface area contributed by atoms with Crippen LogP contribution < -0.4 is 5.56 Å². The van der Waals surface area contributed by atoms with E-state index in [0.29, 0.717) is 0 Å². The Hall–Kier alpha value is -2.11. The Morgan fingerprint density at radius 3 is 3.14 bits per heavy atom. The third kappa shape index (κ3) is 1.17. The molecule has 0 spiro atoms. The highest BCUT2D eigenvalue weighted by Crippen LogP contribution is 2.04. The Bertz CT molecular complexity index is 540. The van der Waals surface area contributed by atoms with Crippen LogP contribution in [0.5, 0.6) is 0 Å². The molecule has 2 heterocycles. The number of hydrogen-bond acceptors (Lipinski definition) is 5. The summed E-state index contributed by atoms with van der Waals surface area (Å²) in [4.78, 5) is 25.8. The van der Waals surface area contributed by atoms with E-state index in [2.05, 4.69) is 9.72 Å². The van der Waals surface area contributed by atoms with Crippen molar-refractivity contribution < 1.29 is 13.9 Å². The average molecular weight is 194 g/mol. The van der Waals surface area contributed by atoms with Gasteiger partial charge in [-0.25, -0.2) is 4.79 Å². The fourth-order valence-electron chi connectivity index (χ4n) is 1.11. The molecule has 6 nitrogen and oxygen atoms in total. The van der Waals surface area contributed by atoms with E-state index in [1.165, 1.54) is 24.0 Å². The number of rotatable bonds is 1. The molecule has 0 aliphatic rings. The van der Waals surface area contributed by atoms with Crippen molar-refractivity contribution in [2.75, 3.05) is 7.11 Å². The molecule has 0 saturated heterocycles. The molecule has 6 heteroatoms. The van der Waals surface area contributed by atoms with E-state index in [4.69, 9.17) is 4.42 Å². The maximum absolute atomic E-state index is 11.2. The normalized spacial score (nSPS) is 10.4. The molecule has 14 heavy (non-hydrogen) atoms. The summed E-state index contributed by atoms with van der Waals surface area (Å²) in [5.41, 5.74) is -0.448. The molecule has 72 valence electrons. The van der Waals surface area contributed by atoms with Crippen LogP contribution in [0.3, 0.4) is 0 Å². The van der Waals surface area contributed by atoms with E-state index in [9.17, 15) is 9.59 Å². The maximum atomic E-state index is 11.2. The summed E-state index contributed by atoms with van der Waals surface area (Å²) in [6, 6.07) is 1.09. The maximum Gasteiger partial charge on any atom is 0.355 e. The molecular weight excluding hydrogens is 188 g/mol. The fraction of sp³-hybridized carbons (Fsp3) is 0.125. The first kappa shape index (κ1) is 8.49. The summed E-state index contributed by atoms with van der Waals surface area (Å²) in [7, 11) is 1.24. The lowest BCUT2D eigenvalue weighted by Gasteiger charge is -1.99. The van der Waals surface area contributed by atoms with Crippen molar-refractivity contribution in [2.24, 2.45) is 0 Å². The van der Waals surface area contributed by atoms with E-state index in [0.717, 1.165) is 6.07 Å². The van der Waals surface area contributed by atoms with Crippen LogP contribution in [0.2, 0.25) is 0 Å². The minimum absolute atomic E-state index is 0.0675. The number of ether oxygens (including phenoxy) is 1. The van der Waals surface area contributed by atoms with Crippen molar-refractivity contribution >= 4 is 11.8 Å². The van der Waals surface area contributed by atoms with Crippen molar-refractivity contribution in [3.8, 4) is 0 Å². The summed E-state index contributed by atoms with van der Waals surface area (Å²) in [5.74, 6) is -0.543. The number of hydrogen-bond donors (Lipinski definition) is 0. The number of methoxy groups -OCH3 is 1. The molecule has 2 aromatic rings. The van der Waals surface area contributed by atoms with Gasteiger partial charge in [0.1, 0.15) is 12.0 Å². The highest BCUT2D eigenvalue weighted by molar-refractivity contribution is 5.87. The third-order valence-electron chi connectivity index (χ3n) is 1.71. The number of esters is 1. The fourth-order valence-corrected chi connectivity index (χ4v) is 1.11. The zero-order valence-corrected chi connectivity index (χ0v) is 7.26. The van der Waals surface area contributed by atoms with Crippen molar-refractivity contribution in [3.63, 3.8) is 0 Å². The number of carbonyl (C=O) groups is 1. The predicted octanol–water partition coefficient (Wildman–Crippen LogP) is 0.0741. The zero-order valence-electron chi connectivity index (χ0n) is 7.26. The number of nitrogens with zero attached hydrogens (tertiary/aromatic N) is 2. The van der Waals surface area contributed by atoms with Crippen LogP contribution in [0.25, 0.3) is 5.84 Å². The molecule has 0 aliphatic carbocycles. The molecule has 0 saturated carbocycles. The molecule has 0 aromatic carbocycles. The molecule has 0 aliphatic heterocycles. The minimum atomic E-state index is -0.610. The predicted molar refractivity (Wildman–Crippen MR) is 45.1 cm³/mol. The Labute approximate surface area is 77.7 Å². The average Bonchev–Trinajstić information content (AvgIpc) is 2.62. The van der Waals surface area contributed by atoms with E-state index < -0.39 is 11.5 Å². The van der Waals surface area contributed by atoms with Gasteiger partial charge in [-0.15, -0.1) is 0 Å². The van der Waals surface area contributed by atoms with Gasteiger partial charge < -0.3 is 9.15 Å². The molecule has 0 N–H and O–H groups in total. The second-order valence-electron chi connectivity index (χ2n) is 2.53. The molecule has 0 bridgehead atoms. The Kier molecular flexibility index (Phi) is 1.81. The van der Waals surface area contributed by atoms with Crippen molar-refractivity contribution in [2.45, 2.75) is 0 Å². The molecule has 0 atom stereocenters. The lowest BCUT2D eigenvalue weighted by Crippen LogP contribution is -2.15. The van der Waals surface area contributed by atoms with Gasteiger partial charge in [-0.3, -0.25) is 9.20 Å². The number of carbonyl (C=O) groups excluding carboxylic acids is 1. The highest BCUT2D eigenvalue weighted by Gasteiger charge is 2.12. The van der Waals surface area contributed by atoms with Crippen molar-refractivity contribution in [1.82, 2.24) is 9.38 Å². The first-order chi connectivity index (χ1) is 6.72. The number of aromatic nitrogens is 2. The lowest BCUT2D eigenvalue weighted by molar-refractivity contribution is 0.0591. The van der Waals surface area contributed by atoms with Gasteiger partial charge in [0.25, 0.3) is 5.56 Å². The standard InChI is InChI=1S/C8H6N2O4/c1-13-7(12)5-4-6(11)9-8-10(5)2-3-14-8/h2-4H,1H3. The van der Waals surface area contributed by atoms with Gasteiger partial charge in [0, 0.05) is 12.3 Å². The second-order valence-corrected chi connectivity index (χ2v) is 2.53. The molecular formula is C8H6N2O4. The first-order valence-electron chi connectivity index (χ1n) is 3.77. The van der Waals surface area contributed by atoms with Crippen LogP contribution in [-0.2, 0) is 4.74 Å². The van der Waals surface area contributed by atoms with Crippen molar-refractivity contribution in [1.29, 1.82) is 0 Å². The van der Waals surface area contributed by atoms with Gasteiger partial charge in [0.2, 0.25) is 0 Å². The van der Waals surface area contributed by atoms with E-state index in [-0.39, 0.29) is 11.5 Å². The number of oxazole rings is 1.